The van der Waals surface area contributed by atoms with E-state index in [1.807, 2.05) is 20.1 Å². The van der Waals surface area contributed by atoms with E-state index in [1.54, 1.807) is 12.1 Å². The Morgan fingerprint density at radius 3 is 2.26 bits per heavy atom. The number of carboxylic acids is 1. The Morgan fingerprint density at radius 1 is 1.02 bits per heavy atom. The number of benzene rings is 1. The molecule has 0 aromatic heterocycles. The number of aliphatic carboxylic acids is 1. The Kier molecular flexibility index (Phi) is 16.9. The summed E-state index contributed by atoms with van der Waals surface area (Å²) in [6.07, 6.45) is 9.59. The second-order valence-electron chi connectivity index (χ2n) is 12.4. The summed E-state index contributed by atoms with van der Waals surface area (Å²) in [4.78, 5) is 64.9. The summed E-state index contributed by atoms with van der Waals surface area (Å²) in [5, 5.41) is 24.2. The van der Waals surface area contributed by atoms with E-state index in [4.69, 9.17) is 16.6 Å². The maximum Gasteiger partial charge on any atom is 0.303 e. The number of rotatable bonds is 20. The molecule has 1 aliphatic rings. The molecule has 2 rings (SSSR count). The van der Waals surface area contributed by atoms with Gasteiger partial charge in [0.15, 0.2) is 0 Å². The first kappa shape index (κ1) is 38.9. The summed E-state index contributed by atoms with van der Waals surface area (Å²) in [7, 11) is 0. The zero-order valence-corrected chi connectivity index (χ0v) is 28.3. The van der Waals surface area contributed by atoms with Gasteiger partial charge in [-0.05, 0) is 92.7 Å². The Labute approximate surface area is 276 Å². The largest absolute Gasteiger partial charge is 0.508 e. The lowest BCUT2D eigenvalue weighted by Gasteiger charge is -2.33. The van der Waals surface area contributed by atoms with Gasteiger partial charge in [-0.25, -0.2) is 0 Å². The molecule has 12 nitrogen and oxygen atoms in total. The number of nitrogens with zero attached hydrogens (tertiary/aromatic N) is 1. The van der Waals surface area contributed by atoms with Crippen molar-refractivity contribution in [3.05, 3.63) is 28.8 Å². The minimum absolute atomic E-state index is 0.0201. The molecule has 1 aromatic carbocycles. The summed E-state index contributed by atoms with van der Waals surface area (Å²) in [6.45, 7) is 3.49. The molecular weight excluding hydrogens is 610 g/mol. The van der Waals surface area contributed by atoms with Gasteiger partial charge in [0.1, 0.15) is 17.8 Å². The number of carboxylic acid groups (broad SMARTS) is 1. The van der Waals surface area contributed by atoms with Gasteiger partial charge >= 0.3 is 5.97 Å². The lowest BCUT2D eigenvalue weighted by Crippen LogP contribution is -2.55. The second kappa shape index (κ2) is 20.0. The van der Waals surface area contributed by atoms with Crippen LogP contribution < -0.4 is 22.1 Å². The molecular formula is C33H53N5O7S. The minimum atomic E-state index is -0.944. The number of aryl methyl sites for hydroxylation is 2. The van der Waals surface area contributed by atoms with Gasteiger partial charge in [0.2, 0.25) is 23.6 Å². The topological polar surface area (TPSA) is 205 Å². The zero-order valence-electron chi connectivity index (χ0n) is 27.5. The number of aromatic hydroxyl groups is 1. The molecule has 0 spiro atoms. The van der Waals surface area contributed by atoms with Gasteiger partial charge in [-0.1, -0.05) is 38.5 Å². The summed E-state index contributed by atoms with van der Waals surface area (Å²) in [5.74, 6) is -2.03. The van der Waals surface area contributed by atoms with Crippen LogP contribution in [0.1, 0.15) is 87.3 Å². The van der Waals surface area contributed by atoms with Crippen LogP contribution in [0.4, 0.5) is 0 Å². The first-order valence-electron chi connectivity index (χ1n) is 16.3. The van der Waals surface area contributed by atoms with Crippen molar-refractivity contribution in [2.24, 2.45) is 17.4 Å². The molecule has 4 amide bonds. The summed E-state index contributed by atoms with van der Waals surface area (Å²) >= 11 is 1.51. The third kappa shape index (κ3) is 13.2. The van der Waals surface area contributed by atoms with Gasteiger partial charge in [-0.3, -0.25) is 24.0 Å². The number of carbonyl (C=O) groups is 5. The van der Waals surface area contributed by atoms with Crippen LogP contribution in [-0.4, -0.2) is 87.9 Å². The number of carbonyl (C=O) groups excluding carboxylic acids is 4. The van der Waals surface area contributed by atoms with Gasteiger partial charge in [-0.2, -0.15) is 11.8 Å². The number of primary amides is 1. The van der Waals surface area contributed by atoms with Gasteiger partial charge in [0.25, 0.3) is 0 Å². The highest BCUT2D eigenvalue weighted by atomic mass is 32.2. The fraction of sp³-hybridized carbons (Fsp3) is 0.667. The lowest BCUT2D eigenvalue weighted by molar-refractivity contribution is -0.140. The van der Waals surface area contributed by atoms with E-state index in [-0.39, 0.29) is 37.6 Å². The first-order valence-corrected chi connectivity index (χ1v) is 17.7. The van der Waals surface area contributed by atoms with E-state index in [0.29, 0.717) is 37.9 Å². The smallest absolute Gasteiger partial charge is 0.303 e. The number of hydrogen-bond donors (Lipinski definition) is 6. The van der Waals surface area contributed by atoms with Crippen molar-refractivity contribution >= 4 is 41.4 Å². The first-order chi connectivity index (χ1) is 21.8. The molecule has 0 unspecified atom stereocenters. The van der Waals surface area contributed by atoms with Crippen LogP contribution in [0.3, 0.4) is 0 Å². The predicted molar refractivity (Wildman–Crippen MR) is 179 cm³/mol. The monoisotopic (exact) mass is 663 g/mol. The Bertz CT molecular complexity index is 1170. The highest BCUT2D eigenvalue weighted by Gasteiger charge is 2.32. The molecule has 0 aliphatic heterocycles. The Hall–Kier alpha value is -3.32. The van der Waals surface area contributed by atoms with Crippen molar-refractivity contribution < 1.29 is 34.2 Å². The van der Waals surface area contributed by atoms with E-state index >= 15 is 0 Å². The van der Waals surface area contributed by atoms with Crippen LogP contribution in [0, 0.1) is 19.8 Å². The van der Waals surface area contributed by atoms with Crippen molar-refractivity contribution in [3.63, 3.8) is 0 Å². The molecule has 8 N–H and O–H groups in total. The standard InChI is InChI=1S/C33H53N5O7S/c1-21-16-24(39)17-22(2)25(21)19-26(34)32(44)37-27(13-15-46-3)33(45)36-20-29(40)38(14-9-5-8-12-30(41)42)28(31(35)43)18-23-10-6-4-7-11-23/h16-17,23,26-28,39H,4-15,18-20,34H2,1-3H3,(H2,35,43)(H,36,45)(H,37,44)(H,41,42)/t26-,27-,28+/m1/s1. The fourth-order valence-corrected chi connectivity index (χ4v) is 6.57. The van der Waals surface area contributed by atoms with Crippen LogP contribution in [0.25, 0.3) is 0 Å². The number of amides is 4. The van der Waals surface area contributed by atoms with E-state index in [2.05, 4.69) is 10.6 Å². The van der Waals surface area contributed by atoms with Gasteiger partial charge in [0, 0.05) is 13.0 Å². The minimum Gasteiger partial charge on any atom is -0.508 e. The molecule has 1 fully saturated rings. The summed E-state index contributed by atoms with van der Waals surface area (Å²) < 4.78 is 0. The van der Waals surface area contributed by atoms with Crippen molar-refractivity contribution in [1.82, 2.24) is 15.5 Å². The summed E-state index contributed by atoms with van der Waals surface area (Å²) in [6, 6.07) is 0.510. The van der Waals surface area contributed by atoms with Crippen LogP contribution in [0.5, 0.6) is 5.75 Å². The van der Waals surface area contributed by atoms with E-state index in [1.165, 1.54) is 16.7 Å². The zero-order chi connectivity index (χ0) is 34.2. The van der Waals surface area contributed by atoms with Crippen molar-refractivity contribution in [2.45, 2.75) is 109 Å². The van der Waals surface area contributed by atoms with Crippen molar-refractivity contribution in [3.8, 4) is 5.75 Å². The SMILES string of the molecule is CSCC[C@@H](NC(=O)[C@H](N)Cc1c(C)cc(O)cc1C)C(=O)NCC(=O)N(CCCCCC(=O)O)[C@@H](CC1CCCCC1)C(N)=O. The number of thioether (sulfide) groups is 1. The Morgan fingerprint density at radius 2 is 1.67 bits per heavy atom. The molecule has 258 valence electrons. The van der Waals surface area contributed by atoms with Crippen molar-refractivity contribution in [2.75, 3.05) is 25.1 Å². The normalized spacial score (nSPS) is 15.4. The number of nitrogens with one attached hydrogen (secondary N) is 2. The van der Waals surface area contributed by atoms with Gasteiger partial charge in [-0.15, -0.1) is 0 Å². The number of phenols is 1. The van der Waals surface area contributed by atoms with E-state index in [0.717, 1.165) is 48.8 Å². The van der Waals surface area contributed by atoms with Crippen LogP contribution in [-0.2, 0) is 30.4 Å². The highest BCUT2D eigenvalue weighted by molar-refractivity contribution is 7.98. The summed E-state index contributed by atoms with van der Waals surface area (Å²) in [5.41, 5.74) is 14.5. The molecule has 13 heteroatoms. The molecule has 1 aromatic rings. The number of hydrogen-bond acceptors (Lipinski definition) is 8. The number of nitrogens with two attached hydrogens (primary N) is 2. The van der Waals surface area contributed by atoms with E-state index < -0.39 is 47.7 Å². The maximum atomic E-state index is 13.5. The third-order valence-electron chi connectivity index (χ3n) is 8.70. The average molecular weight is 664 g/mol. The molecule has 0 bridgehead atoms. The van der Waals surface area contributed by atoms with Crippen LogP contribution in [0.2, 0.25) is 0 Å². The number of unbranched alkanes of at least 4 members (excludes halogenated alkanes) is 2. The molecule has 1 saturated carbocycles. The molecule has 0 radical (unpaired) electrons. The van der Waals surface area contributed by atoms with Gasteiger partial charge < -0.3 is 37.2 Å². The van der Waals surface area contributed by atoms with Crippen LogP contribution in [0.15, 0.2) is 12.1 Å². The second-order valence-corrected chi connectivity index (χ2v) is 13.4. The molecule has 46 heavy (non-hydrogen) atoms. The molecule has 0 saturated heterocycles. The van der Waals surface area contributed by atoms with Gasteiger partial charge in [0.05, 0.1) is 12.6 Å². The number of phenolic OH excluding ortho intramolecular Hbond substituents is 1. The van der Waals surface area contributed by atoms with Crippen LogP contribution >= 0.6 is 11.8 Å². The Balaban J connectivity index is 2.10. The highest BCUT2D eigenvalue weighted by Crippen LogP contribution is 2.29. The molecule has 1 aliphatic carbocycles. The fourth-order valence-electron chi connectivity index (χ4n) is 6.10. The predicted octanol–water partition coefficient (Wildman–Crippen LogP) is 2.53. The average Bonchev–Trinajstić information content (AvgIpc) is 3.00. The molecule has 0 heterocycles. The molecule has 3 atom stereocenters. The van der Waals surface area contributed by atoms with E-state index in [9.17, 15) is 29.1 Å². The quantitative estimate of drug-likeness (QED) is 0.113. The maximum absolute atomic E-state index is 13.5. The lowest BCUT2D eigenvalue weighted by atomic mass is 9.84. The third-order valence-corrected chi connectivity index (χ3v) is 9.34. The van der Waals surface area contributed by atoms with Crippen molar-refractivity contribution in [1.29, 1.82) is 0 Å².